The summed E-state index contributed by atoms with van der Waals surface area (Å²) in [5.74, 6) is 0. The van der Waals surface area contributed by atoms with E-state index in [0.29, 0.717) is 13.2 Å². The van der Waals surface area contributed by atoms with Gasteiger partial charge in [-0.2, -0.15) is 0 Å². The minimum Gasteiger partial charge on any atom is -0.388 e. The number of aliphatic hydroxyl groups excluding tert-OH is 1. The standard InChI is InChI=1S/C15H25NO3/c1-18-11-12-19-10-3-2-8-16-9-7-13-14(16)5-4-6-15(13)17/h7,9,15,17H,2-6,8,10-12H2,1H3. The first kappa shape index (κ1) is 14.6. The molecular weight excluding hydrogens is 242 g/mol. The Kier molecular flexibility index (Phi) is 5.89. The summed E-state index contributed by atoms with van der Waals surface area (Å²) in [4.78, 5) is 0. The molecular formula is C15H25NO3. The summed E-state index contributed by atoms with van der Waals surface area (Å²) in [5.41, 5.74) is 2.47. The SMILES string of the molecule is COCCOCCCCn1ccc2c1CCCC2O. The van der Waals surface area contributed by atoms with Gasteiger partial charge in [0.25, 0.3) is 0 Å². The lowest BCUT2D eigenvalue weighted by molar-refractivity contribution is 0.0684. The Labute approximate surface area is 115 Å². The summed E-state index contributed by atoms with van der Waals surface area (Å²) >= 11 is 0. The fourth-order valence-electron chi connectivity index (χ4n) is 2.67. The lowest BCUT2D eigenvalue weighted by Gasteiger charge is -2.20. The maximum absolute atomic E-state index is 9.92. The molecule has 1 aromatic heterocycles. The quantitative estimate of drug-likeness (QED) is 0.735. The molecule has 0 saturated heterocycles. The summed E-state index contributed by atoms with van der Waals surface area (Å²) < 4.78 is 12.7. The van der Waals surface area contributed by atoms with Gasteiger partial charge in [-0.15, -0.1) is 0 Å². The van der Waals surface area contributed by atoms with E-state index < -0.39 is 0 Å². The van der Waals surface area contributed by atoms with E-state index >= 15 is 0 Å². The van der Waals surface area contributed by atoms with Crippen molar-refractivity contribution in [3.05, 3.63) is 23.5 Å². The average Bonchev–Trinajstić information content (AvgIpc) is 2.83. The number of rotatable bonds is 8. The average molecular weight is 267 g/mol. The number of aromatic nitrogens is 1. The molecule has 0 fully saturated rings. The zero-order valence-corrected chi connectivity index (χ0v) is 11.8. The van der Waals surface area contributed by atoms with Crippen LogP contribution in [0.25, 0.3) is 0 Å². The third-order valence-electron chi connectivity index (χ3n) is 3.73. The molecule has 0 amide bonds. The molecule has 1 aliphatic rings. The Morgan fingerprint density at radius 1 is 1.32 bits per heavy atom. The van der Waals surface area contributed by atoms with Crippen molar-refractivity contribution in [2.75, 3.05) is 26.9 Å². The number of ether oxygens (including phenoxy) is 2. The van der Waals surface area contributed by atoms with Crippen LogP contribution in [-0.4, -0.2) is 36.6 Å². The van der Waals surface area contributed by atoms with Crippen LogP contribution in [0.5, 0.6) is 0 Å². The zero-order valence-electron chi connectivity index (χ0n) is 11.8. The van der Waals surface area contributed by atoms with Crippen LogP contribution in [0, 0.1) is 0 Å². The van der Waals surface area contributed by atoms with Gasteiger partial charge in [-0.05, 0) is 38.2 Å². The Balaban J connectivity index is 1.69. The summed E-state index contributed by atoms with van der Waals surface area (Å²) in [6, 6.07) is 2.08. The monoisotopic (exact) mass is 267 g/mol. The molecule has 0 radical (unpaired) electrons. The summed E-state index contributed by atoms with van der Waals surface area (Å²) in [6.45, 7) is 3.18. The Hall–Kier alpha value is -0.840. The van der Waals surface area contributed by atoms with Crippen molar-refractivity contribution < 1.29 is 14.6 Å². The molecule has 0 aliphatic heterocycles. The van der Waals surface area contributed by atoms with Gasteiger partial charge in [0.2, 0.25) is 0 Å². The zero-order chi connectivity index (χ0) is 13.5. The van der Waals surface area contributed by atoms with Gasteiger partial charge < -0.3 is 19.1 Å². The molecule has 108 valence electrons. The van der Waals surface area contributed by atoms with Crippen molar-refractivity contribution in [3.63, 3.8) is 0 Å². The topological polar surface area (TPSA) is 43.6 Å². The van der Waals surface area contributed by atoms with Gasteiger partial charge in [0.1, 0.15) is 0 Å². The largest absolute Gasteiger partial charge is 0.388 e. The highest BCUT2D eigenvalue weighted by Crippen LogP contribution is 2.30. The smallest absolute Gasteiger partial charge is 0.0807 e. The first-order valence-corrected chi connectivity index (χ1v) is 7.25. The van der Waals surface area contributed by atoms with E-state index in [1.54, 1.807) is 7.11 Å². The molecule has 1 aliphatic carbocycles. The van der Waals surface area contributed by atoms with Crippen molar-refractivity contribution in [1.82, 2.24) is 4.57 Å². The number of unbranched alkanes of at least 4 members (excludes halogenated alkanes) is 1. The Morgan fingerprint density at radius 2 is 2.21 bits per heavy atom. The predicted octanol–water partition coefficient (Wildman–Crippen LogP) is 2.30. The lowest BCUT2D eigenvalue weighted by Crippen LogP contribution is -2.12. The maximum atomic E-state index is 9.92. The summed E-state index contributed by atoms with van der Waals surface area (Å²) in [7, 11) is 1.69. The maximum Gasteiger partial charge on any atom is 0.0807 e. The number of aliphatic hydroxyl groups is 1. The Bertz CT molecular complexity index is 375. The van der Waals surface area contributed by atoms with Crippen LogP contribution in [0.3, 0.4) is 0 Å². The van der Waals surface area contributed by atoms with Crippen molar-refractivity contribution in [2.45, 2.75) is 44.8 Å². The van der Waals surface area contributed by atoms with Crippen molar-refractivity contribution >= 4 is 0 Å². The van der Waals surface area contributed by atoms with Crippen LogP contribution in [0.4, 0.5) is 0 Å². The van der Waals surface area contributed by atoms with E-state index in [2.05, 4.69) is 16.8 Å². The predicted molar refractivity (Wildman–Crippen MR) is 74.3 cm³/mol. The van der Waals surface area contributed by atoms with E-state index in [-0.39, 0.29) is 6.10 Å². The van der Waals surface area contributed by atoms with E-state index in [0.717, 1.165) is 50.8 Å². The van der Waals surface area contributed by atoms with Gasteiger partial charge in [0, 0.05) is 37.7 Å². The normalized spacial score (nSPS) is 18.5. The van der Waals surface area contributed by atoms with E-state index in [9.17, 15) is 5.11 Å². The van der Waals surface area contributed by atoms with Crippen molar-refractivity contribution in [2.24, 2.45) is 0 Å². The van der Waals surface area contributed by atoms with E-state index in [1.165, 1.54) is 5.69 Å². The van der Waals surface area contributed by atoms with Gasteiger partial charge in [0.15, 0.2) is 0 Å². The van der Waals surface area contributed by atoms with Crippen LogP contribution in [0.1, 0.15) is 43.0 Å². The first-order valence-electron chi connectivity index (χ1n) is 7.25. The number of nitrogens with zero attached hydrogens (tertiary/aromatic N) is 1. The molecule has 4 nitrogen and oxygen atoms in total. The second-order valence-electron chi connectivity index (χ2n) is 5.13. The summed E-state index contributed by atoms with van der Waals surface area (Å²) in [6.07, 6.45) is 7.16. The molecule has 4 heteroatoms. The molecule has 0 saturated carbocycles. The van der Waals surface area contributed by atoms with Crippen molar-refractivity contribution in [1.29, 1.82) is 0 Å². The fraction of sp³-hybridized carbons (Fsp3) is 0.733. The number of fused-ring (bicyclic) bond motifs is 1. The highest BCUT2D eigenvalue weighted by molar-refractivity contribution is 5.27. The second-order valence-corrected chi connectivity index (χ2v) is 5.13. The highest BCUT2D eigenvalue weighted by Gasteiger charge is 2.20. The molecule has 1 N–H and O–H groups in total. The lowest BCUT2D eigenvalue weighted by atomic mass is 9.95. The molecule has 0 spiro atoms. The van der Waals surface area contributed by atoms with Gasteiger partial charge >= 0.3 is 0 Å². The Morgan fingerprint density at radius 3 is 3.05 bits per heavy atom. The highest BCUT2D eigenvalue weighted by atomic mass is 16.5. The van der Waals surface area contributed by atoms with Gasteiger partial charge in [-0.1, -0.05) is 0 Å². The van der Waals surface area contributed by atoms with Gasteiger partial charge in [-0.3, -0.25) is 0 Å². The number of hydrogen-bond donors (Lipinski definition) is 1. The molecule has 1 unspecified atom stereocenters. The number of hydrogen-bond acceptors (Lipinski definition) is 3. The van der Waals surface area contributed by atoms with Crippen LogP contribution in [-0.2, 0) is 22.4 Å². The second kappa shape index (κ2) is 7.68. The molecule has 1 atom stereocenters. The first-order chi connectivity index (χ1) is 9.33. The van der Waals surface area contributed by atoms with E-state index in [4.69, 9.17) is 9.47 Å². The van der Waals surface area contributed by atoms with Crippen LogP contribution in [0.2, 0.25) is 0 Å². The molecule has 19 heavy (non-hydrogen) atoms. The fourth-order valence-corrected chi connectivity index (χ4v) is 2.67. The number of aryl methyl sites for hydroxylation is 1. The third-order valence-corrected chi connectivity index (χ3v) is 3.73. The van der Waals surface area contributed by atoms with Crippen molar-refractivity contribution in [3.8, 4) is 0 Å². The number of methoxy groups -OCH3 is 1. The third kappa shape index (κ3) is 4.06. The molecule has 1 heterocycles. The molecule has 0 aromatic carbocycles. The molecule has 1 aromatic rings. The minimum atomic E-state index is -0.248. The van der Waals surface area contributed by atoms with Gasteiger partial charge in [0.05, 0.1) is 19.3 Å². The van der Waals surface area contributed by atoms with Crippen LogP contribution >= 0.6 is 0 Å². The molecule has 0 bridgehead atoms. The summed E-state index contributed by atoms with van der Waals surface area (Å²) in [5, 5.41) is 9.92. The van der Waals surface area contributed by atoms with Crippen LogP contribution < -0.4 is 0 Å². The molecule has 2 rings (SSSR count). The van der Waals surface area contributed by atoms with Crippen LogP contribution in [0.15, 0.2) is 12.3 Å². The van der Waals surface area contributed by atoms with E-state index in [1.807, 2.05) is 0 Å². The van der Waals surface area contributed by atoms with Gasteiger partial charge in [-0.25, -0.2) is 0 Å². The minimum absolute atomic E-state index is 0.248.